The molecule has 162 valence electrons. The second kappa shape index (κ2) is 9.49. The summed E-state index contributed by atoms with van der Waals surface area (Å²) in [6.45, 7) is 4.05. The largest absolute Gasteiger partial charge is 0.378 e. The number of nitrogens with zero attached hydrogens (tertiary/aromatic N) is 5. The number of ether oxygens (including phenoxy) is 1. The van der Waals surface area contributed by atoms with Gasteiger partial charge in [-0.05, 0) is 29.8 Å². The molecule has 4 aromatic rings. The van der Waals surface area contributed by atoms with Crippen molar-refractivity contribution in [3.05, 3.63) is 84.8 Å². The first-order valence-electron chi connectivity index (χ1n) is 10.7. The van der Waals surface area contributed by atoms with Crippen molar-refractivity contribution in [3.63, 3.8) is 0 Å². The summed E-state index contributed by atoms with van der Waals surface area (Å²) in [4.78, 5) is 11.2. The minimum atomic E-state index is 0.543. The first-order chi connectivity index (χ1) is 15.8. The summed E-state index contributed by atoms with van der Waals surface area (Å²) in [6.07, 6.45) is 3.47. The van der Waals surface area contributed by atoms with Crippen LogP contribution < -0.4 is 15.5 Å². The van der Waals surface area contributed by atoms with Crippen molar-refractivity contribution in [1.82, 2.24) is 19.7 Å². The van der Waals surface area contributed by atoms with Crippen LogP contribution in [-0.2, 0) is 11.3 Å². The van der Waals surface area contributed by atoms with Crippen molar-refractivity contribution in [2.45, 2.75) is 6.54 Å². The smallest absolute Gasteiger partial charge is 0.246 e. The van der Waals surface area contributed by atoms with Crippen LogP contribution in [0.15, 0.2) is 79.3 Å². The van der Waals surface area contributed by atoms with Crippen LogP contribution in [-0.4, -0.2) is 46.1 Å². The van der Waals surface area contributed by atoms with Crippen molar-refractivity contribution in [2.24, 2.45) is 0 Å². The van der Waals surface area contributed by atoms with Crippen LogP contribution in [0.2, 0.25) is 0 Å². The summed E-state index contributed by atoms with van der Waals surface area (Å²) in [5.41, 5.74) is 4.31. The van der Waals surface area contributed by atoms with Gasteiger partial charge < -0.3 is 20.3 Å². The van der Waals surface area contributed by atoms with Gasteiger partial charge in [0, 0.05) is 43.3 Å². The highest BCUT2D eigenvalue weighted by Crippen LogP contribution is 2.23. The van der Waals surface area contributed by atoms with Crippen LogP contribution in [0.3, 0.4) is 0 Å². The second-order valence-electron chi connectivity index (χ2n) is 7.48. The third-order valence-corrected chi connectivity index (χ3v) is 5.33. The maximum atomic E-state index is 5.50. The van der Waals surface area contributed by atoms with E-state index >= 15 is 0 Å². The van der Waals surface area contributed by atoms with E-state index in [4.69, 9.17) is 4.74 Å². The van der Waals surface area contributed by atoms with Gasteiger partial charge in [0.05, 0.1) is 18.9 Å². The van der Waals surface area contributed by atoms with Gasteiger partial charge in [-0.1, -0.05) is 36.4 Å². The van der Waals surface area contributed by atoms with Crippen LogP contribution in [0.1, 0.15) is 5.56 Å². The van der Waals surface area contributed by atoms with Crippen molar-refractivity contribution < 1.29 is 4.74 Å². The molecule has 0 spiro atoms. The van der Waals surface area contributed by atoms with Crippen LogP contribution in [0.4, 0.5) is 23.1 Å². The maximum absolute atomic E-state index is 5.50. The first kappa shape index (κ1) is 20.0. The summed E-state index contributed by atoms with van der Waals surface area (Å²) >= 11 is 0. The number of hydrogen-bond donors (Lipinski definition) is 2. The molecular weight excluding hydrogens is 402 g/mol. The molecule has 8 heteroatoms. The summed E-state index contributed by atoms with van der Waals surface area (Å²) in [5.74, 6) is 1.33. The molecule has 0 radical (unpaired) electrons. The molecule has 2 aromatic carbocycles. The van der Waals surface area contributed by atoms with E-state index < -0.39 is 0 Å². The first-order valence-corrected chi connectivity index (χ1v) is 10.7. The molecule has 0 aliphatic carbocycles. The predicted molar refractivity (Wildman–Crippen MR) is 126 cm³/mol. The summed E-state index contributed by atoms with van der Waals surface area (Å²) in [7, 11) is 0. The lowest BCUT2D eigenvalue weighted by Crippen LogP contribution is -2.36. The molecule has 0 bridgehead atoms. The van der Waals surface area contributed by atoms with Gasteiger partial charge in [-0.3, -0.25) is 0 Å². The highest BCUT2D eigenvalue weighted by molar-refractivity contribution is 5.56. The van der Waals surface area contributed by atoms with Crippen LogP contribution in [0.25, 0.3) is 5.69 Å². The fraction of sp³-hybridized carbons (Fsp3) is 0.208. The fourth-order valence-corrected chi connectivity index (χ4v) is 3.71. The second-order valence-corrected chi connectivity index (χ2v) is 7.48. The Morgan fingerprint density at radius 3 is 2.59 bits per heavy atom. The molecule has 1 fully saturated rings. The average molecular weight is 428 g/mol. The molecule has 1 aliphatic heterocycles. The number of para-hydroxylation sites is 2. The zero-order chi connectivity index (χ0) is 21.6. The normalized spacial score (nSPS) is 13.7. The lowest BCUT2D eigenvalue weighted by Gasteiger charge is -2.30. The Hall–Kier alpha value is -3.91. The number of aromatic nitrogens is 4. The van der Waals surface area contributed by atoms with Crippen molar-refractivity contribution in [2.75, 3.05) is 41.8 Å². The summed E-state index contributed by atoms with van der Waals surface area (Å²) < 4.78 is 7.23. The lowest BCUT2D eigenvalue weighted by molar-refractivity contribution is 0.122. The molecule has 0 saturated carbocycles. The quantitative estimate of drug-likeness (QED) is 0.464. The van der Waals surface area contributed by atoms with Gasteiger partial charge in [-0.2, -0.15) is 4.98 Å². The molecule has 32 heavy (non-hydrogen) atoms. The Morgan fingerprint density at radius 2 is 1.72 bits per heavy atom. The van der Waals surface area contributed by atoms with E-state index in [1.807, 2.05) is 42.5 Å². The van der Waals surface area contributed by atoms with Gasteiger partial charge in [0.25, 0.3) is 0 Å². The molecule has 3 heterocycles. The molecule has 8 nitrogen and oxygen atoms in total. The third-order valence-electron chi connectivity index (χ3n) is 5.33. The SMILES string of the molecule is c1ccc(Nc2ncn(-c3ccnc(NCc4ccccc4N4CCOCC4)c3)n2)cc1. The molecule has 2 aromatic heterocycles. The molecule has 2 N–H and O–H groups in total. The van der Waals surface area contributed by atoms with Crippen molar-refractivity contribution >= 4 is 23.1 Å². The number of rotatable bonds is 7. The minimum absolute atomic E-state index is 0.543. The van der Waals surface area contributed by atoms with Crippen LogP contribution in [0.5, 0.6) is 0 Å². The van der Waals surface area contributed by atoms with Crippen molar-refractivity contribution in [3.8, 4) is 5.69 Å². The topological polar surface area (TPSA) is 80.1 Å². The minimum Gasteiger partial charge on any atom is -0.378 e. The van der Waals surface area contributed by atoms with E-state index in [0.29, 0.717) is 12.5 Å². The van der Waals surface area contributed by atoms with E-state index in [1.165, 1.54) is 11.3 Å². The Balaban J connectivity index is 1.28. The number of morpholine rings is 1. The molecule has 0 unspecified atom stereocenters. The highest BCUT2D eigenvalue weighted by atomic mass is 16.5. The van der Waals surface area contributed by atoms with Gasteiger partial charge in [-0.25, -0.2) is 9.67 Å². The van der Waals surface area contributed by atoms with Crippen LogP contribution in [0, 0.1) is 0 Å². The molecular formula is C24H25N7O. The van der Waals surface area contributed by atoms with Gasteiger partial charge in [0.2, 0.25) is 5.95 Å². The van der Waals surface area contributed by atoms with Crippen LogP contribution >= 0.6 is 0 Å². The Labute approximate surface area is 186 Å². The average Bonchev–Trinajstić information content (AvgIpc) is 3.33. The predicted octanol–water partition coefficient (Wildman–Crippen LogP) is 3.85. The third kappa shape index (κ3) is 4.70. The highest BCUT2D eigenvalue weighted by Gasteiger charge is 2.14. The zero-order valence-corrected chi connectivity index (χ0v) is 17.7. The number of pyridine rings is 1. The van der Waals surface area contributed by atoms with Gasteiger partial charge >= 0.3 is 0 Å². The Kier molecular flexibility index (Phi) is 5.93. The number of nitrogens with one attached hydrogen (secondary N) is 2. The molecule has 1 saturated heterocycles. The maximum Gasteiger partial charge on any atom is 0.246 e. The van der Waals surface area contributed by atoms with Gasteiger partial charge in [-0.15, -0.1) is 5.10 Å². The van der Waals surface area contributed by atoms with E-state index in [1.54, 1.807) is 17.2 Å². The fourth-order valence-electron chi connectivity index (χ4n) is 3.71. The standard InChI is InChI=1S/C24H25N7O/c1-2-7-20(8-3-1)28-24-27-18-31(29-24)21-10-11-25-23(16-21)26-17-19-6-4-5-9-22(19)30-12-14-32-15-13-30/h1-11,16,18H,12-15,17H2,(H,25,26)(H,28,29). The Bertz CT molecular complexity index is 1160. The van der Waals surface area contributed by atoms with Gasteiger partial charge in [0.1, 0.15) is 12.1 Å². The van der Waals surface area contributed by atoms with E-state index in [-0.39, 0.29) is 0 Å². The number of benzene rings is 2. The van der Waals surface area contributed by atoms with E-state index in [2.05, 4.69) is 54.9 Å². The summed E-state index contributed by atoms with van der Waals surface area (Å²) in [6, 6.07) is 22.2. The molecule has 0 amide bonds. The number of hydrogen-bond acceptors (Lipinski definition) is 7. The zero-order valence-electron chi connectivity index (χ0n) is 17.7. The summed E-state index contributed by atoms with van der Waals surface area (Å²) in [5, 5.41) is 11.2. The van der Waals surface area contributed by atoms with E-state index in [9.17, 15) is 0 Å². The number of anilines is 4. The Morgan fingerprint density at radius 1 is 0.906 bits per heavy atom. The van der Waals surface area contributed by atoms with E-state index in [0.717, 1.165) is 43.5 Å². The monoisotopic (exact) mass is 427 g/mol. The molecule has 5 rings (SSSR count). The molecule has 1 aliphatic rings. The molecule has 0 atom stereocenters. The van der Waals surface area contributed by atoms with Gasteiger partial charge in [0.15, 0.2) is 0 Å². The van der Waals surface area contributed by atoms with Crippen molar-refractivity contribution in [1.29, 1.82) is 0 Å². The lowest BCUT2D eigenvalue weighted by atomic mass is 10.1.